The fourth-order valence-corrected chi connectivity index (χ4v) is 2.59. The molecule has 1 heterocycles. The van der Waals surface area contributed by atoms with Crippen LogP contribution in [0.4, 0.5) is 0 Å². The zero-order valence-corrected chi connectivity index (χ0v) is 13.5. The number of methoxy groups -OCH3 is 2. The van der Waals surface area contributed by atoms with Crippen LogP contribution in [0.3, 0.4) is 0 Å². The summed E-state index contributed by atoms with van der Waals surface area (Å²) in [5.41, 5.74) is 8.24. The molecule has 0 fully saturated rings. The first-order valence-corrected chi connectivity index (χ1v) is 7.18. The van der Waals surface area contributed by atoms with Gasteiger partial charge >= 0.3 is 0 Å². The predicted octanol–water partition coefficient (Wildman–Crippen LogP) is 2.89. The summed E-state index contributed by atoms with van der Waals surface area (Å²) in [4.78, 5) is 7.91. The molecule has 116 valence electrons. The van der Waals surface area contributed by atoms with Crippen LogP contribution < -0.4 is 15.2 Å². The maximum atomic E-state index is 6.22. The highest BCUT2D eigenvalue weighted by Gasteiger charge is 2.18. The van der Waals surface area contributed by atoms with Gasteiger partial charge in [-0.15, -0.1) is 0 Å². The lowest BCUT2D eigenvalue weighted by Gasteiger charge is -2.22. The summed E-state index contributed by atoms with van der Waals surface area (Å²) in [5, 5.41) is 0. The molecule has 0 aliphatic heterocycles. The van der Waals surface area contributed by atoms with Crippen molar-refractivity contribution in [1.82, 2.24) is 9.97 Å². The molecule has 0 saturated carbocycles. The van der Waals surface area contributed by atoms with Crippen LogP contribution in [0.15, 0.2) is 12.1 Å². The van der Waals surface area contributed by atoms with E-state index < -0.39 is 0 Å². The number of fused-ring (bicyclic) bond motifs is 1. The van der Waals surface area contributed by atoms with Crippen LogP contribution in [0.5, 0.6) is 11.5 Å². The number of nitrogens with two attached hydrogens (primary N) is 1. The maximum Gasteiger partial charge on any atom is 0.163 e. The Kier molecular flexibility index (Phi) is 4.42. The molecule has 1 aromatic carbocycles. The number of hydrogen-bond donors (Lipinski definition) is 2. The molecule has 0 saturated heterocycles. The van der Waals surface area contributed by atoms with Crippen LogP contribution in [0.2, 0.25) is 0 Å². The Balaban J connectivity index is 2.22. The second kappa shape index (κ2) is 5.93. The summed E-state index contributed by atoms with van der Waals surface area (Å²) in [6.07, 6.45) is 1.69. The van der Waals surface area contributed by atoms with Gasteiger partial charge in [-0.3, -0.25) is 0 Å². The number of hydrogen-bond acceptors (Lipinski definition) is 4. The summed E-state index contributed by atoms with van der Waals surface area (Å²) in [6.45, 7) is 6.59. The smallest absolute Gasteiger partial charge is 0.163 e. The molecular formula is C16H25N3O2. The van der Waals surface area contributed by atoms with Gasteiger partial charge in [0, 0.05) is 24.6 Å². The molecule has 0 radical (unpaired) electrons. The first-order valence-electron chi connectivity index (χ1n) is 7.18. The number of nitrogens with zero attached hydrogens (tertiary/aromatic N) is 1. The molecule has 1 aromatic heterocycles. The lowest BCUT2D eigenvalue weighted by atomic mass is 9.87. The fraction of sp³-hybridized carbons (Fsp3) is 0.562. The van der Waals surface area contributed by atoms with E-state index in [9.17, 15) is 0 Å². The Morgan fingerprint density at radius 1 is 1.19 bits per heavy atom. The molecule has 0 aliphatic carbocycles. The molecule has 0 aliphatic rings. The number of rotatable bonds is 5. The third kappa shape index (κ3) is 3.88. The molecule has 0 spiro atoms. The van der Waals surface area contributed by atoms with Crippen LogP contribution in [0, 0.1) is 5.41 Å². The van der Waals surface area contributed by atoms with E-state index in [2.05, 4.69) is 30.7 Å². The third-order valence-corrected chi connectivity index (χ3v) is 3.37. The molecule has 0 bridgehead atoms. The number of ether oxygens (including phenoxy) is 2. The van der Waals surface area contributed by atoms with E-state index in [0.717, 1.165) is 29.7 Å². The van der Waals surface area contributed by atoms with E-state index in [0.29, 0.717) is 11.5 Å². The molecule has 1 unspecified atom stereocenters. The minimum absolute atomic E-state index is 0.0920. The number of nitrogens with one attached hydrogen (secondary N) is 1. The zero-order chi connectivity index (χ0) is 15.6. The highest BCUT2D eigenvalue weighted by molar-refractivity contribution is 5.79. The summed E-state index contributed by atoms with van der Waals surface area (Å²) < 4.78 is 10.6. The molecule has 5 nitrogen and oxygen atoms in total. The summed E-state index contributed by atoms with van der Waals surface area (Å²) >= 11 is 0. The van der Waals surface area contributed by atoms with Crippen LogP contribution in [0.25, 0.3) is 11.0 Å². The van der Waals surface area contributed by atoms with Gasteiger partial charge in [0.05, 0.1) is 25.3 Å². The Hall–Kier alpha value is -1.75. The Morgan fingerprint density at radius 3 is 2.38 bits per heavy atom. The van der Waals surface area contributed by atoms with Gasteiger partial charge in [-0.2, -0.15) is 0 Å². The van der Waals surface area contributed by atoms with Crippen molar-refractivity contribution >= 4 is 11.0 Å². The molecular weight excluding hydrogens is 266 g/mol. The Morgan fingerprint density at radius 2 is 1.81 bits per heavy atom. The minimum Gasteiger partial charge on any atom is -0.493 e. The van der Waals surface area contributed by atoms with E-state index in [-0.39, 0.29) is 11.5 Å². The number of aromatic amines is 1. The van der Waals surface area contributed by atoms with Gasteiger partial charge in [0.1, 0.15) is 5.82 Å². The van der Waals surface area contributed by atoms with Gasteiger partial charge < -0.3 is 20.2 Å². The van der Waals surface area contributed by atoms with Gasteiger partial charge in [-0.05, 0) is 11.8 Å². The normalized spacial score (nSPS) is 13.4. The summed E-state index contributed by atoms with van der Waals surface area (Å²) in [5.74, 6) is 2.28. The average molecular weight is 291 g/mol. The van der Waals surface area contributed by atoms with Crippen molar-refractivity contribution < 1.29 is 9.47 Å². The van der Waals surface area contributed by atoms with Crippen molar-refractivity contribution in [2.75, 3.05) is 14.2 Å². The third-order valence-electron chi connectivity index (χ3n) is 3.37. The van der Waals surface area contributed by atoms with Gasteiger partial charge in [0.15, 0.2) is 11.5 Å². The number of benzene rings is 1. The minimum atomic E-state index is 0.0920. The second-order valence-electron chi connectivity index (χ2n) is 6.64. The van der Waals surface area contributed by atoms with Gasteiger partial charge in [-0.1, -0.05) is 20.8 Å². The highest BCUT2D eigenvalue weighted by atomic mass is 16.5. The number of aromatic nitrogens is 2. The molecule has 1 atom stereocenters. The first-order chi connectivity index (χ1) is 9.82. The molecule has 2 aromatic rings. The lowest BCUT2D eigenvalue weighted by molar-refractivity contribution is 0.337. The van der Waals surface area contributed by atoms with Crippen molar-refractivity contribution in [1.29, 1.82) is 0 Å². The standard InChI is InChI=1S/C16H25N3O2/c1-16(2,3)9-10(17)6-15-18-11-7-13(20-4)14(21-5)8-12(11)19-15/h7-8,10H,6,9,17H2,1-5H3,(H,18,19). The molecule has 21 heavy (non-hydrogen) atoms. The fourth-order valence-electron chi connectivity index (χ4n) is 2.59. The van der Waals surface area contributed by atoms with E-state index >= 15 is 0 Å². The Labute approximate surface area is 125 Å². The predicted molar refractivity (Wildman–Crippen MR) is 84.9 cm³/mol. The lowest BCUT2D eigenvalue weighted by Crippen LogP contribution is -2.28. The number of imidazole rings is 1. The summed E-state index contributed by atoms with van der Waals surface area (Å²) in [7, 11) is 3.25. The summed E-state index contributed by atoms with van der Waals surface area (Å²) in [6, 6.07) is 3.87. The van der Waals surface area contributed by atoms with Crippen LogP contribution in [-0.4, -0.2) is 30.2 Å². The van der Waals surface area contributed by atoms with Crippen LogP contribution in [0.1, 0.15) is 33.0 Å². The van der Waals surface area contributed by atoms with Crippen LogP contribution >= 0.6 is 0 Å². The van der Waals surface area contributed by atoms with Crippen molar-refractivity contribution in [3.63, 3.8) is 0 Å². The van der Waals surface area contributed by atoms with Gasteiger partial charge in [0.25, 0.3) is 0 Å². The Bertz CT molecular complexity index is 573. The number of H-pyrrole nitrogens is 1. The van der Waals surface area contributed by atoms with E-state index in [4.69, 9.17) is 15.2 Å². The quantitative estimate of drug-likeness (QED) is 0.888. The highest BCUT2D eigenvalue weighted by Crippen LogP contribution is 2.31. The van der Waals surface area contributed by atoms with Crippen molar-refractivity contribution in [2.24, 2.45) is 11.1 Å². The molecule has 0 amide bonds. The van der Waals surface area contributed by atoms with Crippen molar-refractivity contribution in [3.05, 3.63) is 18.0 Å². The topological polar surface area (TPSA) is 73.2 Å². The molecule has 5 heteroatoms. The van der Waals surface area contributed by atoms with Crippen molar-refractivity contribution in [2.45, 2.75) is 39.7 Å². The van der Waals surface area contributed by atoms with E-state index in [1.54, 1.807) is 14.2 Å². The van der Waals surface area contributed by atoms with Crippen molar-refractivity contribution in [3.8, 4) is 11.5 Å². The van der Waals surface area contributed by atoms with Gasteiger partial charge in [0.2, 0.25) is 0 Å². The van der Waals surface area contributed by atoms with Gasteiger partial charge in [-0.25, -0.2) is 4.98 Å². The monoisotopic (exact) mass is 291 g/mol. The largest absolute Gasteiger partial charge is 0.493 e. The SMILES string of the molecule is COc1cc2nc(CC(N)CC(C)(C)C)[nH]c2cc1OC. The zero-order valence-electron chi connectivity index (χ0n) is 13.5. The molecule has 3 N–H and O–H groups in total. The second-order valence-corrected chi connectivity index (χ2v) is 6.64. The molecule has 2 rings (SSSR count). The maximum absolute atomic E-state index is 6.22. The van der Waals surface area contributed by atoms with Crippen LogP contribution in [-0.2, 0) is 6.42 Å². The first kappa shape index (κ1) is 15.6. The van der Waals surface area contributed by atoms with E-state index in [1.807, 2.05) is 12.1 Å². The average Bonchev–Trinajstić information content (AvgIpc) is 2.75. The van der Waals surface area contributed by atoms with E-state index in [1.165, 1.54) is 0 Å².